The van der Waals surface area contributed by atoms with Gasteiger partial charge in [0, 0.05) is 52.5 Å². The minimum Gasteiger partial charge on any atom is -0.382 e. The van der Waals surface area contributed by atoms with Crippen molar-refractivity contribution in [2.45, 2.75) is 52.3 Å². The Hall–Kier alpha value is -0.290. The number of alkyl halides is 3. The average Bonchev–Trinajstić information content (AvgIpc) is 3.38. The fourth-order valence-electron chi connectivity index (χ4n) is 3.29. The fraction of sp³-hybridized carbons (Fsp3) is 0.944. The third kappa shape index (κ3) is 7.56. The lowest BCUT2D eigenvalue weighted by atomic mass is 10.0. The standard InChI is InChI=1S/C18H33F3N4O.HI/c1-4-22-16(23-14-17(6-7-17)8-13-26-5-2)25-11-9-24(10-12-25)15(3)18(19,20)21;/h15H,4-14H2,1-3H3,(H,22,23);1H. The second-order valence-electron chi connectivity index (χ2n) is 7.36. The minimum atomic E-state index is -4.17. The SMILES string of the molecule is CCNC(=NCC1(CCOCC)CC1)N1CCN(C(C)C(F)(F)F)CC1.I. The number of ether oxygens (including phenoxy) is 1. The van der Waals surface area contributed by atoms with Gasteiger partial charge >= 0.3 is 6.18 Å². The van der Waals surface area contributed by atoms with Gasteiger partial charge in [-0.2, -0.15) is 13.2 Å². The van der Waals surface area contributed by atoms with Gasteiger partial charge in [-0.1, -0.05) is 0 Å². The number of nitrogens with zero attached hydrogens (tertiary/aromatic N) is 3. The number of aliphatic imine (C=N–C) groups is 1. The van der Waals surface area contributed by atoms with Crippen molar-refractivity contribution in [3.63, 3.8) is 0 Å². The summed E-state index contributed by atoms with van der Waals surface area (Å²) in [6.07, 6.45) is -0.778. The van der Waals surface area contributed by atoms with E-state index in [0.717, 1.165) is 38.7 Å². The zero-order valence-electron chi connectivity index (χ0n) is 16.6. The maximum Gasteiger partial charge on any atom is 0.403 e. The molecular formula is C18H34F3IN4O. The van der Waals surface area contributed by atoms with E-state index in [0.29, 0.717) is 26.2 Å². The number of hydrogen-bond acceptors (Lipinski definition) is 3. The predicted molar refractivity (Wildman–Crippen MR) is 113 cm³/mol. The zero-order valence-corrected chi connectivity index (χ0v) is 19.0. The highest BCUT2D eigenvalue weighted by molar-refractivity contribution is 14.0. The fourth-order valence-corrected chi connectivity index (χ4v) is 3.29. The van der Waals surface area contributed by atoms with E-state index in [1.54, 1.807) is 0 Å². The molecule has 0 spiro atoms. The van der Waals surface area contributed by atoms with Gasteiger partial charge in [0.15, 0.2) is 5.96 Å². The lowest BCUT2D eigenvalue weighted by Crippen LogP contribution is -2.56. The van der Waals surface area contributed by atoms with Crippen molar-refractivity contribution in [1.82, 2.24) is 15.1 Å². The maximum absolute atomic E-state index is 12.9. The summed E-state index contributed by atoms with van der Waals surface area (Å²) in [6.45, 7) is 10.2. The molecule has 27 heavy (non-hydrogen) atoms. The molecule has 5 nitrogen and oxygen atoms in total. The summed E-state index contributed by atoms with van der Waals surface area (Å²) in [5.41, 5.74) is 0.266. The van der Waals surface area contributed by atoms with Crippen LogP contribution in [0.15, 0.2) is 4.99 Å². The van der Waals surface area contributed by atoms with Gasteiger partial charge < -0.3 is 15.0 Å². The summed E-state index contributed by atoms with van der Waals surface area (Å²) in [5, 5.41) is 3.30. The Morgan fingerprint density at radius 1 is 1.19 bits per heavy atom. The molecule has 0 radical (unpaired) electrons. The van der Waals surface area contributed by atoms with E-state index in [1.165, 1.54) is 24.7 Å². The van der Waals surface area contributed by atoms with Crippen molar-refractivity contribution in [3.8, 4) is 0 Å². The van der Waals surface area contributed by atoms with Gasteiger partial charge in [0.1, 0.15) is 6.04 Å². The van der Waals surface area contributed by atoms with Gasteiger partial charge in [-0.05, 0) is 45.4 Å². The van der Waals surface area contributed by atoms with Crippen LogP contribution in [0, 0.1) is 5.41 Å². The predicted octanol–water partition coefficient (Wildman–Crippen LogP) is 3.35. The summed E-state index contributed by atoms with van der Waals surface area (Å²) in [5.74, 6) is 0.828. The van der Waals surface area contributed by atoms with Crippen molar-refractivity contribution < 1.29 is 17.9 Å². The molecule has 0 amide bonds. The molecule has 0 bridgehead atoms. The van der Waals surface area contributed by atoms with Crippen LogP contribution in [0.2, 0.25) is 0 Å². The van der Waals surface area contributed by atoms with Gasteiger partial charge in [-0.25, -0.2) is 0 Å². The van der Waals surface area contributed by atoms with Crippen molar-refractivity contribution in [3.05, 3.63) is 0 Å². The van der Waals surface area contributed by atoms with Crippen LogP contribution in [0.25, 0.3) is 0 Å². The van der Waals surface area contributed by atoms with E-state index in [2.05, 4.69) is 10.2 Å². The summed E-state index contributed by atoms with van der Waals surface area (Å²) < 4.78 is 44.2. The highest BCUT2D eigenvalue weighted by atomic mass is 127. The summed E-state index contributed by atoms with van der Waals surface area (Å²) in [7, 11) is 0. The van der Waals surface area contributed by atoms with E-state index in [4.69, 9.17) is 9.73 Å². The Morgan fingerprint density at radius 3 is 2.30 bits per heavy atom. The largest absolute Gasteiger partial charge is 0.403 e. The van der Waals surface area contributed by atoms with Crippen molar-refractivity contribution in [2.24, 2.45) is 10.4 Å². The minimum absolute atomic E-state index is 0. The molecule has 1 saturated carbocycles. The first kappa shape index (κ1) is 24.7. The molecule has 1 aliphatic carbocycles. The Labute approximate surface area is 178 Å². The van der Waals surface area contributed by atoms with E-state index in [1.807, 2.05) is 13.8 Å². The van der Waals surface area contributed by atoms with Crippen LogP contribution >= 0.6 is 24.0 Å². The van der Waals surface area contributed by atoms with Gasteiger partial charge in [-0.3, -0.25) is 9.89 Å². The maximum atomic E-state index is 12.9. The Bertz CT molecular complexity index is 464. The molecule has 1 unspecified atom stereocenters. The van der Waals surface area contributed by atoms with E-state index in [9.17, 15) is 13.2 Å². The number of halogens is 4. The van der Waals surface area contributed by atoms with Crippen molar-refractivity contribution in [1.29, 1.82) is 0 Å². The monoisotopic (exact) mass is 506 g/mol. The molecule has 1 heterocycles. The molecule has 0 aromatic rings. The topological polar surface area (TPSA) is 40.1 Å². The van der Waals surface area contributed by atoms with E-state index >= 15 is 0 Å². The number of nitrogens with one attached hydrogen (secondary N) is 1. The first-order chi connectivity index (χ1) is 12.3. The molecular weight excluding hydrogens is 472 g/mol. The second kappa shape index (κ2) is 11.0. The van der Waals surface area contributed by atoms with Crippen LogP contribution in [0.1, 0.15) is 40.0 Å². The smallest absolute Gasteiger partial charge is 0.382 e. The molecule has 2 rings (SSSR count). The van der Waals surface area contributed by atoms with Gasteiger partial charge in [-0.15, -0.1) is 24.0 Å². The van der Waals surface area contributed by atoms with E-state index in [-0.39, 0.29) is 29.4 Å². The van der Waals surface area contributed by atoms with Crippen LogP contribution in [0.4, 0.5) is 13.2 Å². The van der Waals surface area contributed by atoms with Gasteiger partial charge in [0.25, 0.3) is 0 Å². The highest BCUT2D eigenvalue weighted by Crippen LogP contribution is 2.49. The zero-order chi connectivity index (χ0) is 19.2. The molecule has 0 aromatic carbocycles. The molecule has 1 atom stereocenters. The molecule has 9 heteroatoms. The Kier molecular flexibility index (Phi) is 10.1. The third-order valence-corrected chi connectivity index (χ3v) is 5.47. The lowest BCUT2D eigenvalue weighted by molar-refractivity contribution is -0.181. The normalized spacial score (nSPS) is 21.6. The third-order valence-electron chi connectivity index (χ3n) is 5.47. The number of hydrogen-bond donors (Lipinski definition) is 1. The number of guanidine groups is 1. The van der Waals surface area contributed by atoms with Crippen LogP contribution in [0.5, 0.6) is 0 Å². The molecule has 160 valence electrons. The van der Waals surface area contributed by atoms with Gasteiger partial charge in [0.2, 0.25) is 0 Å². The molecule has 1 saturated heterocycles. The molecule has 2 fully saturated rings. The first-order valence-corrected chi connectivity index (χ1v) is 9.73. The van der Waals surface area contributed by atoms with E-state index < -0.39 is 12.2 Å². The Morgan fingerprint density at radius 2 is 1.81 bits per heavy atom. The summed E-state index contributed by atoms with van der Waals surface area (Å²) >= 11 is 0. The summed E-state index contributed by atoms with van der Waals surface area (Å²) in [6, 6.07) is -1.39. The number of rotatable bonds is 8. The quantitative estimate of drug-likeness (QED) is 0.237. The van der Waals surface area contributed by atoms with Crippen LogP contribution in [-0.2, 0) is 4.74 Å². The molecule has 0 aromatic heterocycles. The lowest BCUT2D eigenvalue weighted by Gasteiger charge is -2.39. The average molecular weight is 506 g/mol. The Balaban J connectivity index is 0.00000364. The van der Waals surface area contributed by atoms with Crippen molar-refractivity contribution in [2.75, 3.05) is 52.5 Å². The summed E-state index contributed by atoms with van der Waals surface area (Å²) in [4.78, 5) is 8.39. The highest BCUT2D eigenvalue weighted by Gasteiger charge is 2.43. The van der Waals surface area contributed by atoms with Gasteiger partial charge in [0.05, 0.1) is 0 Å². The molecule has 1 N–H and O–H groups in total. The van der Waals surface area contributed by atoms with Crippen LogP contribution in [-0.4, -0.2) is 80.5 Å². The first-order valence-electron chi connectivity index (χ1n) is 9.73. The van der Waals surface area contributed by atoms with Crippen LogP contribution < -0.4 is 5.32 Å². The molecule has 2 aliphatic rings. The van der Waals surface area contributed by atoms with Crippen LogP contribution in [0.3, 0.4) is 0 Å². The molecule has 1 aliphatic heterocycles. The second-order valence-corrected chi connectivity index (χ2v) is 7.36. The number of piperazine rings is 1. The van der Waals surface area contributed by atoms with Crippen molar-refractivity contribution >= 4 is 29.9 Å².